The summed E-state index contributed by atoms with van der Waals surface area (Å²) in [7, 11) is 3.63. The number of hydrogen-bond donors (Lipinski definition) is 0. The highest BCUT2D eigenvalue weighted by Crippen LogP contribution is 2.21. The fourth-order valence-electron chi connectivity index (χ4n) is 1.99. The van der Waals surface area contributed by atoms with Gasteiger partial charge in [-0.25, -0.2) is 0 Å². The van der Waals surface area contributed by atoms with E-state index in [-0.39, 0.29) is 5.97 Å². The number of carbonyl (C=O) groups excluding carboxylic acids is 1. The molecule has 0 atom stereocenters. The maximum Gasteiger partial charge on any atom is 0.305 e. The van der Waals surface area contributed by atoms with Gasteiger partial charge in [0, 0.05) is 6.42 Å². The Morgan fingerprint density at radius 2 is 2.07 bits per heavy atom. The van der Waals surface area contributed by atoms with E-state index in [1.54, 1.807) is 0 Å². The lowest BCUT2D eigenvalue weighted by molar-refractivity contribution is -0.140. The number of ether oxygens (including phenoxy) is 1. The van der Waals surface area contributed by atoms with Crippen molar-refractivity contribution in [2.75, 3.05) is 27.2 Å². The predicted molar refractivity (Wildman–Crippen MR) is 56.1 cm³/mol. The van der Waals surface area contributed by atoms with Gasteiger partial charge < -0.3 is 9.64 Å². The van der Waals surface area contributed by atoms with Crippen molar-refractivity contribution in [3.05, 3.63) is 0 Å². The van der Waals surface area contributed by atoms with Crippen molar-refractivity contribution in [1.29, 1.82) is 0 Å². The molecule has 3 nitrogen and oxygen atoms in total. The van der Waals surface area contributed by atoms with E-state index < -0.39 is 0 Å². The van der Waals surface area contributed by atoms with Gasteiger partial charge in [0.25, 0.3) is 0 Å². The summed E-state index contributed by atoms with van der Waals surface area (Å²) in [5, 5.41) is 0. The van der Waals surface area contributed by atoms with Crippen LogP contribution in [0.1, 0.15) is 32.1 Å². The molecule has 0 aromatic carbocycles. The van der Waals surface area contributed by atoms with Crippen molar-refractivity contribution in [2.24, 2.45) is 5.92 Å². The van der Waals surface area contributed by atoms with Crippen LogP contribution < -0.4 is 0 Å². The molecule has 1 heterocycles. The molecule has 3 heteroatoms. The molecule has 0 N–H and O–H groups in total. The van der Waals surface area contributed by atoms with E-state index in [9.17, 15) is 4.79 Å². The van der Waals surface area contributed by atoms with Gasteiger partial charge in [0.05, 0.1) is 7.11 Å². The molecule has 14 heavy (non-hydrogen) atoms. The van der Waals surface area contributed by atoms with Crippen LogP contribution in [-0.4, -0.2) is 38.1 Å². The summed E-state index contributed by atoms with van der Waals surface area (Å²) in [6.07, 6.45) is 5.34. The van der Waals surface area contributed by atoms with Gasteiger partial charge in [0.2, 0.25) is 0 Å². The molecule has 0 unspecified atom stereocenters. The Kier molecular flexibility index (Phi) is 4.94. The summed E-state index contributed by atoms with van der Waals surface area (Å²) in [6, 6.07) is 0. The first-order chi connectivity index (χ1) is 6.72. The fraction of sp³-hybridized carbons (Fsp3) is 0.909. The minimum Gasteiger partial charge on any atom is -0.469 e. The summed E-state index contributed by atoms with van der Waals surface area (Å²) in [6.45, 7) is 2.42. The molecule has 0 amide bonds. The molecule has 1 rings (SSSR count). The van der Waals surface area contributed by atoms with E-state index in [4.69, 9.17) is 0 Å². The van der Waals surface area contributed by atoms with E-state index in [0.717, 1.165) is 12.3 Å². The zero-order valence-corrected chi connectivity index (χ0v) is 9.29. The molecule has 0 aliphatic carbocycles. The van der Waals surface area contributed by atoms with Crippen LogP contribution in [0.5, 0.6) is 0 Å². The molecule has 1 fully saturated rings. The first-order valence-electron chi connectivity index (χ1n) is 5.47. The van der Waals surface area contributed by atoms with Crippen LogP contribution in [0.4, 0.5) is 0 Å². The van der Waals surface area contributed by atoms with Crippen LogP contribution in [0.2, 0.25) is 0 Å². The predicted octanol–water partition coefficient (Wildman–Crippen LogP) is 1.67. The quantitative estimate of drug-likeness (QED) is 0.645. The van der Waals surface area contributed by atoms with Crippen LogP contribution in [0.25, 0.3) is 0 Å². The third-order valence-electron chi connectivity index (χ3n) is 3.06. The Bertz CT molecular complexity index is 174. The Morgan fingerprint density at radius 1 is 1.43 bits per heavy atom. The Labute approximate surface area is 86.4 Å². The number of likely N-dealkylation sites (tertiary alicyclic amines) is 1. The number of hydrogen-bond acceptors (Lipinski definition) is 3. The summed E-state index contributed by atoms with van der Waals surface area (Å²) >= 11 is 0. The molecule has 0 aromatic rings. The molecule has 0 spiro atoms. The Balaban J connectivity index is 2.04. The topological polar surface area (TPSA) is 29.5 Å². The van der Waals surface area contributed by atoms with E-state index in [2.05, 4.69) is 16.7 Å². The van der Waals surface area contributed by atoms with E-state index in [1.807, 2.05) is 0 Å². The second-order valence-corrected chi connectivity index (χ2v) is 4.22. The van der Waals surface area contributed by atoms with Crippen LogP contribution >= 0.6 is 0 Å². The van der Waals surface area contributed by atoms with Crippen molar-refractivity contribution in [3.63, 3.8) is 0 Å². The highest BCUT2D eigenvalue weighted by molar-refractivity contribution is 5.68. The molecule has 0 aromatic heterocycles. The lowest BCUT2D eigenvalue weighted by atomic mass is 9.92. The molecule has 1 aliphatic heterocycles. The molecular formula is C11H21NO2. The summed E-state index contributed by atoms with van der Waals surface area (Å²) in [4.78, 5) is 13.2. The van der Waals surface area contributed by atoms with E-state index in [1.165, 1.54) is 39.5 Å². The first-order valence-corrected chi connectivity index (χ1v) is 5.47. The monoisotopic (exact) mass is 199 g/mol. The lowest BCUT2D eigenvalue weighted by Crippen LogP contribution is -2.30. The number of carbonyl (C=O) groups is 1. The first kappa shape index (κ1) is 11.5. The molecule has 0 saturated carbocycles. The second kappa shape index (κ2) is 6.02. The average Bonchev–Trinajstić information content (AvgIpc) is 2.21. The van der Waals surface area contributed by atoms with Crippen LogP contribution in [-0.2, 0) is 9.53 Å². The van der Waals surface area contributed by atoms with Gasteiger partial charge in [-0.15, -0.1) is 0 Å². The summed E-state index contributed by atoms with van der Waals surface area (Å²) in [5.41, 5.74) is 0. The zero-order chi connectivity index (χ0) is 10.4. The van der Waals surface area contributed by atoms with Crippen LogP contribution in [0.3, 0.4) is 0 Å². The summed E-state index contributed by atoms with van der Waals surface area (Å²) < 4.78 is 4.61. The third-order valence-corrected chi connectivity index (χ3v) is 3.06. The molecule has 1 aliphatic rings. The van der Waals surface area contributed by atoms with Gasteiger partial charge in [-0.2, -0.15) is 0 Å². The normalized spacial score (nSPS) is 19.6. The Hall–Kier alpha value is -0.570. The number of nitrogens with zero attached hydrogens (tertiary/aromatic N) is 1. The van der Waals surface area contributed by atoms with Gasteiger partial charge in [0.1, 0.15) is 0 Å². The number of rotatable bonds is 4. The maximum absolute atomic E-state index is 10.9. The SMILES string of the molecule is COC(=O)CCCC1CCN(C)CC1. The molecular weight excluding hydrogens is 178 g/mol. The zero-order valence-electron chi connectivity index (χ0n) is 9.29. The average molecular weight is 199 g/mol. The van der Waals surface area contributed by atoms with Crippen LogP contribution in [0.15, 0.2) is 0 Å². The number of methoxy groups -OCH3 is 1. The number of esters is 1. The Morgan fingerprint density at radius 3 is 2.64 bits per heavy atom. The minimum absolute atomic E-state index is 0.0714. The highest BCUT2D eigenvalue weighted by Gasteiger charge is 2.16. The molecule has 0 bridgehead atoms. The highest BCUT2D eigenvalue weighted by atomic mass is 16.5. The van der Waals surface area contributed by atoms with Gasteiger partial charge in [0.15, 0.2) is 0 Å². The van der Waals surface area contributed by atoms with Gasteiger partial charge in [-0.1, -0.05) is 0 Å². The van der Waals surface area contributed by atoms with Gasteiger partial charge in [-0.05, 0) is 51.7 Å². The lowest BCUT2D eigenvalue weighted by Gasteiger charge is -2.28. The van der Waals surface area contributed by atoms with Crippen molar-refractivity contribution in [1.82, 2.24) is 4.90 Å². The largest absolute Gasteiger partial charge is 0.469 e. The van der Waals surface area contributed by atoms with E-state index >= 15 is 0 Å². The van der Waals surface area contributed by atoms with Crippen molar-refractivity contribution in [2.45, 2.75) is 32.1 Å². The fourth-order valence-corrected chi connectivity index (χ4v) is 1.99. The van der Waals surface area contributed by atoms with Crippen molar-refractivity contribution in [3.8, 4) is 0 Å². The van der Waals surface area contributed by atoms with Crippen LogP contribution in [0, 0.1) is 5.92 Å². The minimum atomic E-state index is -0.0714. The smallest absolute Gasteiger partial charge is 0.305 e. The van der Waals surface area contributed by atoms with Gasteiger partial charge >= 0.3 is 5.97 Å². The van der Waals surface area contributed by atoms with E-state index in [0.29, 0.717) is 6.42 Å². The van der Waals surface area contributed by atoms with Gasteiger partial charge in [-0.3, -0.25) is 4.79 Å². The second-order valence-electron chi connectivity index (χ2n) is 4.22. The standard InChI is InChI=1S/C11H21NO2/c1-12-8-6-10(7-9-12)4-3-5-11(13)14-2/h10H,3-9H2,1-2H3. The number of piperidine rings is 1. The molecule has 0 radical (unpaired) electrons. The third kappa shape index (κ3) is 4.09. The van der Waals surface area contributed by atoms with Crippen molar-refractivity contribution >= 4 is 5.97 Å². The maximum atomic E-state index is 10.9. The molecule has 82 valence electrons. The van der Waals surface area contributed by atoms with Crippen molar-refractivity contribution < 1.29 is 9.53 Å². The molecule has 1 saturated heterocycles. The summed E-state index contributed by atoms with van der Waals surface area (Å²) in [5.74, 6) is 0.758.